The summed E-state index contributed by atoms with van der Waals surface area (Å²) in [6.45, 7) is 1.73. The summed E-state index contributed by atoms with van der Waals surface area (Å²) in [7, 11) is 1.48. The van der Waals surface area contributed by atoms with Gasteiger partial charge in [-0.25, -0.2) is 0 Å². The quantitative estimate of drug-likeness (QED) is 0.227. The van der Waals surface area contributed by atoms with E-state index >= 15 is 0 Å². The number of nitrogens with zero attached hydrogens (tertiary/aromatic N) is 2. The van der Waals surface area contributed by atoms with Gasteiger partial charge < -0.3 is 14.8 Å². The number of hydrogen-bond acceptors (Lipinski definition) is 6. The molecule has 3 aromatic rings. The van der Waals surface area contributed by atoms with Gasteiger partial charge in [0.15, 0.2) is 18.1 Å². The Kier molecular flexibility index (Phi) is 7.39. The number of nitriles is 1. The van der Waals surface area contributed by atoms with Gasteiger partial charge >= 0.3 is 0 Å². The summed E-state index contributed by atoms with van der Waals surface area (Å²) in [4.78, 5) is 22.5. The number of anilines is 1. The number of carbonyl (C=O) groups is 1. The average molecular weight is 443 g/mol. The zero-order valence-electron chi connectivity index (χ0n) is 18.1. The Bertz CT molecular complexity index is 1240. The van der Waals surface area contributed by atoms with Gasteiger partial charge in [0.2, 0.25) is 0 Å². The summed E-state index contributed by atoms with van der Waals surface area (Å²) >= 11 is 0. The summed E-state index contributed by atoms with van der Waals surface area (Å²) in [6.07, 6.45) is 1.64. The van der Waals surface area contributed by atoms with Crippen molar-refractivity contribution >= 4 is 28.9 Å². The van der Waals surface area contributed by atoms with E-state index < -0.39 is 4.92 Å². The fourth-order valence-corrected chi connectivity index (χ4v) is 3.07. The maximum Gasteiger partial charge on any atom is 0.269 e. The highest BCUT2D eigenvalue weighted by atomic mass is 16.6. The molecule has 0 unspecified atom stereocenters. The summed E-state index contributed by atoms with van der Waals surface area (Å²) < 4.78 is 11.0. The highest BCUT2D eigenvalue weighted by Gasteiger charge is 2.11. The topological polar surface area (TPSA) is 114 Å². The number of nitro groups is 1. The fourth-order valence-electron chi connectivity index (χ4n) is 3.07. The number of nitro benzene ring substituents is 1. The van der Waals surface area contributed by atoms with Crippen molar-refractivity contribution in [2.24, 2.45) is 0 Å². The van der Waals surface area contributed by atoms with E-state index in [0.29, 0.717) is 33.9 Å². The lowest BCUT2D eigenvalue weighted by Crippen LogP contribution is -2.20. The summed E-state index contributed by atoms with van der Waals surface area (Å²) in [6, 6.07) is 20.3. The smallest absolute Gasteiger partial charge is 0.269 e. The second-order valence-corrected chi connectivity index (χ2v) is 7.09. The van der Waals surface area contributed by atoms with Crippen molar-refractivity contribution in [2.75, 3.05) is 19.0 Å². The molecule has 0 aliphatic carbocycles. The van der Waals surface area contributed by atoms with Crippen LogP contribution in [0.25, 0.3) is 11.6 Å². The number of methoxy groups -OCH3 is 1. The number of amides is 1. The number of carbonyl (C=O) groups excluding carboxylic acids is 1. The molecule has 0 radical (unpaired) electrons. The van der Waals surface area contributed by atoms with Crippen molar-refractivity contribution in [3.05, 3.63) is 93.5 Å². The molecule has 3 aromatic carbocycles. The first kappa shape index (κ1) is 23.0. The first-order valence-electron chi connectivity index (χ1n) is 9.93. The van der Waals surface area contributed by atoms with Crippen LogP contribution in [0.2, 0.25) is 0 Å². The van der Waals surface area contributed by atoms with Crippen molar-refractivity contribution in [3.63, 3.8) is 0 Å². The van der Waals surface area contributed by atoms with Crippen LogP contribution in [0.15, 0.2) is 66.7 Å². The van der Waals surface area contributed by atoms with Crippen molar-refractivity contribution in [1.29, 1.82) is 5.26 Å². The summed E-state index contributed by atoms with van der Waals surface area (Å²) in [5, 5.41) is 23.1. The van der Waals surface area contributed by atoms with Crippen LogP contribution in [0.3, 0.4) is 0 Å². The molecule has 0 atom stereocenters. The Morgan fingerprint density at radius 2 is 1.88 bits per heavy atom. The van der Waals surface area contributed by atoms with Crippen molar-refractivity contribution in [2.45, 2.75) is 6.92 Å². The first-order valence-corrected chi connectivity index (χ1v) is 9.93. The predicted octanol–water partition coefficient (Wildman–Crippen LogP) is 4.99. The maximum atomic E-state index is 12.2. The number of aryl methyl sites for hydroxylation is 1. The molecule has 166 valence electrons. The third-order valence-corrected chi connectivity index (χ3v) is 4.67. The SMILES string of the molecule is COc1cc(/C=C(/C#N)c2ccc([N+](=O)[O-])cc2)ccc1OCC(=O)Nc1cccc(C)c1. The Morgan fingerprint density at radius 1 is 1.12 bits per heavy atom. The predicted molar refractivity (Wildman–Crippen MR) is 125 cm³/mol. The number of allylic oxidation sites excluding steroid dienone is 1. The van der Waals surface area contributed by atoms with Gasteiger partial charge in [-0.1, -0.05) is 18.2 Å². The van der Waals surface area contributed by atoms with Gasteiger partial charge in [-0.3, -0.25) is 14.9 Å². The number of rotatable bonds is 8. The number of ether oxygens (including phenoxy) is 2. The second kappa shape index (κ2) is 10.6. The third-order valence-electron chi connectivity index (χ3n) is 4.67. The molecule has 0 aliphatic rings. The second-order valence-electron chi connectivity index (χ2n) is 7.09. The van der Waals surface area contributed by atoms with Crippen molar-refractivity contribution in [1.82, 2.24) is 0 Å². The molecule has 1 N–H and O–H groups in total. The molecule has 0 fully saturated rings. The van der Waals surface area contributed by atoms with E-state index in [2.05, 4.69) is 11.4 Å². The lowest BCUT2D eigenvalue weighted by Gasteiger charge is -2.12. The molecule has 33 heavy (non-hydrogen) atoms. The van der Waals surface area contributed by atoms with E-state index in [1.807, 2.05) is 25.1 Å². The van der Waals surface area contributed by atoms with E-state index in [4.69, 9.17) is 9.47 Å². The molecular formula is C25H21N3O5. The average Bonchev–Trinajstić information content (AvgIpc) is 2.81. The molecule has 0 heterocycles. The van der Waals surface area contributed by atoms with Crippen LogP contribution in [0.5, 0.6) is 11.5 Å². The zero-order chi connectivity index (χ0) is 23.8. The normalized spacial score (nSPS) is 10.8. The lowest BCUT2D eigenvalue weighted by atomic mass is 10.0. The van der Waals surface area contributed by atoms with Crippen LogP contribution in [-0.2, 0) is 4.79 Å². The molecule has 8 nitrogen and oxygen atoms in total. The number of hydrogen-bond donors (Lipinski definition) is 1. The van der Waals surface area contributed by atoms with Crippen LogP contribution in [0, 0.1) is 28.4 Å². The van der Waals surface area contributed by atoms with Gasteiger partial charge in [-0.05, 0) is 66.1 Å². The first-order chi connectivity index (χ1) is 15.9. The van der Waals surface area contributed by atoms with Crippen molar-refractivity contribution < 1.29 is 19.2 Å². The van der Waals surface area contributed by atoms with E-state index in [1.54, 1.807) is 30.3 Å². The number of non-ortho nitro benzene ring substituents is 1. The van der Waals surface area contributed by atoms with Crippen LogP contribution in [0.4, 0.5) is 11.4 Å². The Balaban J connectivity index is 1.72. The van der Waals surface area contributed by atoms with Gasteiger partial charge in [-0.15, -0.1) is 0 Å². The Labute approximate surface area is 190 Å². The standard InChI is InChI=1S/C25H21N3O5/c1-17-4-3-5-21(12-17)27-25(29)16-33-23-11-6-18(14-24(23)32-2)13-20(15-26)19-7-9-22(10-8-19)28(30)31/h3-14H,16H2,1-2H3,(H,27,29)/b20-13-. The van der Waals surface area contributed by atoms with Gasteiger partial charge in [-0.2, -0.15) is 5.26 Å². The maximum absolute atomic E-state index is 12.2. The largest absolute Gasteiger partial charge is 0.493 e. The number of nitrogens with one attached hydrogen (secondary N) is 1. The van der Waals surface area contributed by atoms with E-state index in [-0.39, 0.29) is 18.2 Å². The molecule has 3 rings (SSSR count). The molecule has 0 saturated heterocycles. The van der Waals surface area contributed by atoms with E-state index in [0.717, 1.165) is 5.56 Å². The van der Waals surface area contributed by atoms with Crippen LogP contribution in [-0.4, -0.2) is 24.5 Å². The van der Waals surface area contributed by atoms with Gasteiger partial charge in [0.25, 0.3) is 11.6 Å². The highest BCUT2D eigenvalue weighted by Crippen LogP contribution is 2.30. The van der Waals surface area contributed by atoms with E-state index in [1.165, 1.54) is 31.4 Å². The number of benzene rings is 3. The van der Waals surface area contributed by atoms with Gasteiger partial charge in [0.05, 0.1) is 23.7 Å². The molecule has 0 saturated carbocycles. The fraction of sp³-hybridized carbons (Fsp3) is 0.120. The van der Waals surface area contributed by atoms with Gasteiger partial charge in [0, 0.05) is 17.8 Å². The Morgan fingerprint density at radius 3 is 2.52 bits per heavy atom. The lowest BCUT2D eigenvalue weighted by molar-refractivity contribution is -0.384. The molecule has 0 aliphatic heterocycles. The monoisotopic (exact) mass is 443 g/mol. The van der Waals surface area contributed by atoms with E-state index in [9.17, 15) is 20.2 Å². The highest BCUT2D eigenvalue weighted by molar-refractivity contribution is 5.92. The Hall–Kier alpha value is -4.64. The molecule has 0 aromatic heterocycles. The minimum absolute atomic E-state index is 0.0503. The van der Waals surface area contributed by atoms with Gasteiger partial charge in [0.1, 0.15) is 0 Å². The minimum atomic E-state index is -0.496. The third kappa shape index (κ3) is 6.18. The van der Waals surface area contributed by atoms with Crippen molar-refractivity contribution in [3.8, 4) is 17.6 Å². The summed E-state index contributed by atoms with van der Waals surface area (Å²) in [5.41, 5.74) is 3.22. The summed E-state index contributed by atoms with van der Waals surface area (Å²) in [5.74, 6) is 0.465. The molecule has 0 spiro atoms. The minimum Gasteiger partial charge on any atom is -0.493 e. The molecule has 1 amide bonds. The van der Waals surface area contributed by atoms with Crippen LogP contribution in [0.1, 0.15) is 16.7 Å². The zero-order valence-corrected chi connectivity index (χ0v) is 18.1. The van der Waals surface area contributed by atoms with Crippen LogP contribution >= 0.6 is 0 Å². The molecule has 8 heteroatoms. The molecule has 0 bridgehead atoms. The molecular weight excluding hydrogens is 422 g/mol. The van der Waals surface area contributed by atoms with Crippen LogP contribution < -0.4 is 14.8 Å².